The van der Waals surface area contributed by atoms with Gasteiger partial charge in [-0.15, -0.1) is 12.1 Å². The van der Waals surface area contributed by atoms with Crippen LogP contribution in [0.4, 0.5) is 0 Å². The summed E-state index contributed by atoms with van der Waals surface area (Å²) in [6.07, 6.45) is 6.78. The van der Waals surface area contributed by atoms with Gasteiger partial charge in [0.25, 0.3) is 0 Å². The van der Waals surface area contributed by atoms with Crippen LogP contribution in [-0.4, -0.2) is 38.1 Å². The van der Waals surface area contributed by atoms with E-state index >= 15 is 0 Å². The van der Waals surface area contributed by atoms with Crippen molar-refractivity contribution >= 4 is 0 Å². The Labute approximate surface area is 191 Å². The van der Waals surface area contributed by atoms with Gasteiger partial charge in [-0.1, -0.05) is 46.0 Å². The van der Waals surface area contributed by atoms with Crippen LogP contribution in [0.25, 0.3) is 5.32 Å². The molecule has 1 saturated carbocycles. The summed E-state index contributed by atoms with van der Waals surface area (Å²) in [5.41, 5.74) is 0.0833. The number of nitrogens with zero attached hydrogens (tertiary/aromatic N) is 2. The Morgan fingerprint density at radius 3 is 1.77 bits per heavy atom. The molecule has 0 amide bonds. The third-order valence-corrected chi connectivity index (χ3v) is 3.94. The van der Waals surface area contributed by atoms with Crippen LogP contribution in [0.3, 0.4) is 0 Å². The van der Waals surface area contributed by atoms with E-state index in [9.17, 15) is 0 Å². The summed E-state index contributed by atoms with van der Waals surface area (Å²) in [4.78, 5) is 2.08. The van der Waals surface area contributed by atoms with Crippen LogP contribution in [0.1, 0.15) is 46.0 Å². The van der Waals surface area contributed by atoms with Crippen molar-refractivity contribution in [3.05, 3.63) is 26.6 Å². The molecule has 0 aromatic rings. The van der Waals surface area contributed by atoms with Crippen molar-refractivity contribution < 1.29 is 70.7 Å². The molecular formula is C17H36N2UVW. The van der Waals surface area contributed by atoms with E-state index in [4.69, 9.17) is 0 Å². The minimum absolute atomic E-state index is 0. The van der Waals surface area contributed by atoms with Crippen molar-refractivity contribution in [3.63, 3.8) is 0 Å². The maximum Gasteiger partial charge on any atom is 2.00 e. The average Bonchev–Trinajstić information content (AvgIpc) is 2.28. The van der Waals surface area contributed by atoms with Crippen molar-refractivity contribution in [3.8, 4) is 0 Å². The van der Waals surface area contributed by atoms with E-state index in [-0.39, 0.29) is 83.7 Å². The van der Waals surface area contributed by atoms with Gasteiger partial charge in [-0.05, 0) is 20.0 Å². The summed E-state index contributed by atoms with van der Waals surface area (Å²) in [6, 6.07) is 0. The van der Waals surface area contributed by atoms with E-state index in [2.05, 4.69) is 37.9 Å². The standard InChI is InChI=1S/C10H19N.C6H14N.CH3.U.V.W/c1-9-3-5-10(6-4-9)7-8-11-2;1-6(2,3)7(4)5;;;;/h9-10H,1,3-8H2,2H3;1H2,2-5H3;1H3;;;/q-2;2*-1;;2*+2. The van der Waals surface area contributed by atoms with E-state index in [1.54, 1.807) is 0 Å². The number of rotatable bonds is 4. The molecule has 0 aromatic carbocycles. The maximum atomic E-state index is 4.13. The molecule has 1 fully saturated rings. The van der Waals surface area contributed by atoms with E-state index in [0.717, 1.165) is 18.4 Å². The van der Waals surface area contributed by atoms with Gasteiger partial charge in [0, 0.05) is 31.1 Å². The van der Waals surface area contributed by atoms with E-state index < -0.39 is 0 Å². The molecule has 1 radical (unpaired) electrons. The van der Waals surface area contributed by atoms with Crippen LogP contribution in [0.5, 0.6) is 0 Å². The molecule has 0 heterocycles. The normalized spacial score (nSPS) is 20.2. The Morgan fingerprint density at radius 2 is 1.50 bits per heavy atom. The van der Waals surface area contributed by atoms with Gasteiger partial charge in [0.1, 0.15) is 0 Å². The van der Waals surface area contributed by atoms with Crippen LogP contribution in [0.2, 0.25) is 0 Å². The zero-order chi connectivity index (χ0) is 14.2. The molecule has 0 aliphatic heterocycles. The summed E-state index contributed by atoms with van der Waals surface area (Å²) in [5.74, 6) is 1.70. The summed E-state index contributed by atoms with van der Waals surface area (Å²) in [6.45, 7) is 13.2. The predicted molar refractivity (Wildman–Crippen MR) is 89.1 cm³/mol. The third kappa shape index (κ3) is 20.3. The van der Waals surface area contributed by atoms with Crippen molar-refractivity contribution in [2.24, 2.45) is 11.8 Å². The van der Waals surface area contributed by atoms with Crippen molar-refractivity contribution in [2.45, 2.75) is 51.5 Å². The van der Waals surface area contributed by atoms with Gasteiger partial charge in [0.2, 0.25) is 0 Å². The molecule has 0 N–H and O–H groups in total. The SMILES string of the molecule is [CH2-]C(C)(C)N(C)C.[CH2-]C1CCC(CC[N-]C)CC1.[CH3-].[U].[V+2].[W+2]. The zero-order valence-corrected chi connectivity index (χ0v) is 24.1. The van der Waals surface area contributed by atoms with Gasteiger partial charge in [0.15, 0.2) is 0 Å². The minimum atomic E-state index is 0. The number of hydrogen-bond acceptors (Lipinski definition) is 1. The van der Waals surface area contributed by atoms with Crippen molar-refractivity contribution in [1.29, 1.82) is 0 Å². The van der Waals surface area contributed by atoms with E-state index in [1.165, 1.54) is 32.1 Å². The van der Waals surface area contributed by atoms with Crippen LogP contribution >= 0.6 is 0 Å². The molecule has 1 aliphatic carbocycles. The molecule has 1 aliphatic rings. The van der Waals surface area contributed by atoms with Crippen molar-refractivity contribution in [1.82, 2.24) is 4.90 Å². The Balaban J connectivity index is -0.0000000793. The Hall–Kier alpha value is 2.24. The van der Waals surface area contributed by atoms with Crippen LogP contribution in [0, 0.1) is 64.2 Å². The van der Waals surface area contributed by atoms with Gasteiger partial charge in [-0.25, -0.2) is 0 Å². The molecule has 5 heteroatoms. The Morgan fingerprint density at radius 1 is 1.14 bits per heavy atom. The minimum Gasteiger partial charge on any atom is -0.665 e. The fourth-order valence-corrected chi connectivity index (χ4v) is 1.83. The topological polar surface area (TPSA) is 17.3 Å². The molecule has 1 rings (SSSR count). The van der Waals surface area contributed by atoms with Crippen molar-refractivity contribution in [2.75, 3.05) is 27.7 Å². The molecule has 0 spiro atoms. The second kappa shape index (κ2) is 19.6. The molecule has 22 heavy (non-hydrogen) atoms. The molecule has 0 atom stereocenters. The Kier molecular flexibility index (Phi) is 31.5. The van der Waals surface area contributed by atoms with E-state index in [0.29, 0.717) is 0 Å². The first kappa shape index (κ1) is 35.4. The zero-order valence-electron chi connectivity index (χ0n) is 15.6. The first-order valence-electron chi connectivity index (χ1n) is 7.18. The van der Waals surface area contributed by atoms with Gasteiger partial charge >= 0.3 is 39.6 Å². The molecule has 0 aromatic heterocycles. The fraction of sp³-hybridized carbons (Fsp3) is 0.824. The molecule has 0 saturated heterocycles. The first-order valence-corrected chi connectivity index (χ1v) is 7.18. The molecule has 129 valence electrons. The molecule has 0 unspecified atom stereocenters. The Bertz CT molecular complexity index is 201. The largest absolute Gasteiger partial charge is 2.00 e. The predicted octanol–water partition coefficient (Wildman–Crippen LogP) is 4.63. The van der Waals surface area contributed by atoms with Gasteiger partial charge in [0.05, 0.1) is 0 Å². The van der Waals surface area contributed by atoms with Gasteiger partial charge in [-0.2, -0.15) is 13.0 Å². The first-order chi connectivity index (χ1) is 8.27. The van der Waals surface area contributed by atoms with Crippen LogP contribution in [-0.2, 0) is 39.6 Å². The monoisotopic (exact) mass is 741 g/mol. The summed E-state index contributed by atoms with van der Waals surface area (Å²) < 4.78 is 0. The number of hydrogen-bond donors (Lipinski definition) is 0. The second-order valence-electron chi connectivity index (χ2n) is 6.42. The third-order valence-electron chi connectivity index (χ3n) is 3.94. The fourth-order valence-electron chi connectivity index (χ4n) is 1.83. The molecular weight excluding hydrogens is 705 g/mol. The van der Waals surface area contributed by atoms with Crippen LogP contribution < -0.4 is 0 Å². The van der Waals surface area contributed by atoms with Gasteiger partial charge in [-0.3, -0.25) is 0 Å². The molecule has 0 bridgehead atoms. The summed E-state index contributed by atoms with van der Waals surface area (Å²) in [5, 5.41) is 4.13. The van der Waals surface area contributed by atoms with Crippen LogP contribution in [0.15, 0.2) is 0 Å². The summed E-state index contributed by atoms with van der Waals surface area (Å²) >= 11 is 0. The van der Waals surface area contributed by atoms with E-state index in [1.807, 2.05) is 21.1 Å². The average molecular weight is 741 g/mol. The quantitative estimate of drug-likeness (QED) is 0.385. The second-order valence-corrected chi connectivity index (χ2v) is 6.42. The van der Waals surface area contributed by atoms with Gasteiger partial charge < -0.3 is 31.5 Å². The molecule has 2 nitrogen and oxygen atoms in total. The summed E-state index contributed by atoms with van der Waals surface area (Å²) in [7, 11) is 5.95. The maximum absolute atomic E-state index is 4.13. The smallest absolute Gasteiger partial charge is 0.665 e.